The summed E-state index contributed by atoms with van der Waals surface area (Å²) < 4.78 is 0.771. The first-order valence-electron chi connectivity index (χ1n) is 5.42. The number of nitrogen functional groups attached to an aromatic ring is 1. The van der Waals surface area contributed by atoms with Gasteiger partial charge in [-0.25, -0.2) is 9.97 Å². The number of nitrogens with two attached hydrogens (primary N) is 1. The van der Waals surface area contributed by atoms with Crippen molar-refractivity contribution in [3.8, 4) is 0 Å². The van der Waals surface area contributed by atoms with Crippen LogP contribution in [0.25, 0.3) is 0 Å². The third-order valence-corrected chi connectivity index (χ3v) is 3.37. The number of halogens is 1. The van der Waals surface area contributed by atoms with E-state index in [0.29, 0.717) is 17.8 Å². The lowest BCUT2D eigenvalue weighted by Crippen LogP contribution is -2.31. The quantitative estimate of drug-likeness (QED) is 0.925. The minimum Gasteiger partial charge on any atom is -0.383 e. The summed E-state index contributed by atoms with van der Waals surface area (Å²) in [6, 6.07) is 0.422. The summed E-state index contributed by atoms with van der Waals surface area (Å²) in [5.74, 6) is 1.99. The summed E-state index contributed by atoms with van der Waals surface area (Å²) in [6.07, 6.45) is 2.61. The van der Waals surface area contributed by atoms with Gasteiger partial charge in [0.1, 0.15) is 22.4 Å². The average molecular weight is 287 g/mol. The molecule has 0 saturated heterocycles. The highest BCUT2D eigenvalue weighted by Crippen LogP contribution is 2.28. The van der Waals surface area contributed by atoms with E-state index in [-0.39, 0.29) is 0 Å². The minimum atomic E-state index is 0.422. The van der Waals surface area contributed by atoms with E-state index < -0.39 is 0 Å². The van der Waals surface area contributed by atoms with E-state index in [1.165, 1.54) is 6.33 Å². The normalized spacial score (nSPS) is 12.9. The van der Waals surface area contributed by atoms with Gasteiger partial charge in [-0.15, -0.1) is 0 Å². The molecule has 0 bridgehead atoms. The zero-order chi connectivity index (χ0) is 12.3. The monoisotopic (exact) mass is 286 g/mol. The fourth-order valence-corrected chi connectivity index (χ4v) is 2.15. The van der Waals surface area contributed by atoms with Crippen LogP contribution in [0.1, 0.15) is 27.2 Å². The van der Waals surface area contributed by atoms with Gasteiger partial charge in [0.05, 0.1) is 0 Å². The van der Waals surface area contributed by atoms with Crippen molar-refractivity contribution in [2.24, 2.45) is 5.92 Å². The molecule has 0 fully saturated rings. The molecule has 1 heterocycles. The maximum absolute atomic E-state index is 5.74. The fraction of sp³-hybridized carbons (Fsp3) is 0.636. The van der Waals surface area contributed by atoms with E-state index in [0.717, 1.165) is 16.7 Å². The number of rotatable bonds is 4. The Kier molecular flexibility index (Phi) is 4.53. The zero-order valence-corrected chi connectivity index (χ0v) is 11.8. The van der Waals surface area contributed by atoms with Crippen molar-refractivity contribution in [2.45, 2.75) is 33.2 Å². The summed E-state index contributed by atoms with van der Waals surface area (Å²) in [6.45, 7) is 6.62. The molecule has 0 aliphatic heterocycles. The molecule has 1 rings (SSSR count). The van der Waals surface area contributed by atoms with Crippen LogP contribution in [0.2, 0.25) is 0 Å². The number of anilines is 2. The fourth-order valence-electron chi connectivity index (χ4n) is 1.67. The molecule has 0 radical (unpaired) electrons. The smallest absolute Gasteiger partial charge is 0.148 e. The van der Waals surface area contributed by atoms with Crippen LogP contribution < -0.4 is 10.6 Å². The van der Waals surface area contributed by atoms with Gasteiger partial charge in [0, 0.05) is 13.1 Å². The van der Waals surface area contributed by atoms with Crippen LogP contribution in [-0.4, -0.2) is 23.1 Å². The van der Waals surface area contributed by atoms with Crippen molar-refractivity contribution < 1.29 is 0 Å². The molecule has 1 unspecified atom stereocenters. The molecule has 1 aromatic rings. The molecule has 0 aliphatic rings. The van der Waals surface area contributed by atoms with Crippen molar-refractivity contribution in [2.75, 3.05) is 17.7 Å². The van der Waals surface area contributed by atoms with Gasteiger partial charge in [0.15, 0.2) is 0 Å². The molecule has 0 aliphatic carbocycles. The lowest BCUT2D eigenvalue weighted by Gasteiger charge is -2.28. The van der Waals surface area contributed by atoms with Gasteiger partial charge in [-0.2, -0.15) is 0 Å². The Balaban J connectivity index is 2.87. The zero-order valence-electron chi connectivity index (χ0n) is 10.2. The van der Waals surface area contributed by atoms with E-state index in [2.05, 4.69) is 51.6 Å². The topological polar surface area (TPSA) is 55.0 Å². The molecular formula is C11H19BrN4. The van der Waals surface area contributed by atoms with E-state index in [4.69, 9.17) is 5.73 Å². The second-order valence-corrected chi connectivity index (χ2v) is 5.28. The Labute approximate surface area is 105 Å². The van der Waals surface area contributed by atoms with Crippen LogP contribution in [0, 0.1) is 5.92 Å². The van der Waals surface area contributed by atoms with Crippen molar-refractivity contribution >= 4 is 27.6 Å². The van der Waals surface area contributed by atoms with Gasteiger partial charge >= 0.3 is 0 Å². The first-order valence-corrected chi connectivity index (χ1v) is 6.21. The van der Waals surface area contributed by atoms with Crippen molar-refractivity contribution in [1.29, 1.82) is 0 Å². The molecule has 16 heavy (non-hydrogen) atoms. The van der Waals surface area contributed by atoms with Crippen molar-refractivity contribution in [1.82, 2.24) is 9.97 Å². The Bertz CT molecular complexity index is 354. The van der Waals surface area contributed by atoms with E-state index in [1.807, 2.05) is 7.05 Å². The maximum Gasteiger partial charge on any atom is 0.148 e. The molecule has 0 amide bonds. The molecule has 0 aromatic carbocycles. The standard InChI is InChI=1S/C11H19BrN4/c1-7(2)5-8(3)16(4)11-9(12)10(13)14-6-15-11/h6-8H,5H2,1-4H3,(H2,13,14,15). The lowest BCUT2D eigenvalue weighted by atomic mass is 10.0. The van der Waals surface area contributed by atoms with Crippen LogP contribution in [0.3, 0.4) is 0 Å². The molecule has 4 nitrogen and oxygen atoms in total. The molecule has 1 aromatic heterocycles. The third kappa shape index (κ3) is 3.07. The summed E-state index contributed by atoms with van der Waals surface area (Å²) >= 11 is 3.42. The highest BCUT2D eigenvalue weighted by atomic mass is 79.9. The Morgan fingerprint density at radius 2 is 2.00 bits per heavy atom. The molecule has 1 atom stereocenters. The van der Waals surface area contributed by atoms with E-state index >= 15 is 0 Å². The number of hydrogen-bond acceptors (Lipinski definition) is 4. The number of aromatic nitrogens is 2. The number of hydrogen-bond donors (Lipinski definition) is 1. The van der Waals surface area contributed by atoms with Crippen molar-refractivity contribution in [3.63, 3.8) is 0 Å². The van der Waals surface area contributed by atoms with Crippen LogP contribution in [0.5, 0.6) is 0 Å². The van der Waals surface area contributed by atoms with Crippen LogP contribution in [0.4, 0.5) is 11.6 Å². The van der Waals surface area contributed by atoms with Crippen LogP contribution in [0.15, 0.2) is 10.8 Å². The Morgan fingerprint density at radius 1 is 1.38 bits per heavy atom. The summed E-state index contributed by atoms with van der Waals surface area (Å²) in [4.78, 5) is 10.3. The SMILES string of the molecule is CC(C)CC(C)N(C)c1ncnc(N)c1Br. The highest BCUT2D eigenvalue weighted by molar-refractivity contribution is 9.10. The second-order valence-electron chi connectivity index (χ2n) is 4.49. The van der Waals surface area contributed by atoms with Gasteiger partial charge in [-0.1, -0.05) is 13.8 Å². The van der Waals surface area contributed by atoms with Gasteiger partial charge in [0.25, 0.3) is 0 Å². The molecular weight excluding hydrogens is 268 g/mol. The Hall–Kier alpha value is -0.840. The molecule has 5 heteroatoms. The Morgan fingerprint density at radius 3 is 2.56 bits per heavy atom. The summed E-state index contributed by atoms with van der Waals surface area (Å²) in [7, 11) is 2.03. The first-order chi connectivity index (χ1) is 7.43. The molecule has 0 saturated carbocycles. The summed E-state index contributed by atoms with van der Waals surface area (Å²) in [5, 5.41) is 0. The van der Waals surface area contributed by atoms with Gasteiger partial charge in [0.2, 0.25) is 0 Å². The number of nitrogens with zero attached hydrogens (tertiary/aromatic N) is 3. The van der Waals surface area contributed by atoms with E-state index in [9.17, 15) is 0 Å². The van der Waals surface area contributed by atoms with Crippen LogP contribution in [-0.2, 0) is 0 Å². The molecule has 0 spiro atoms. The molecule has 2 N–H and O–H groups in total. The van der Waals surface area contributed by atoms with Gasteiger partial charge in [-0.05, 0) is 35.2 Å². The maximum atomic E-state index is 5.74. The summed E-state index contributed by atoms with van der Waals surface area (Å²) in [5.41, 5.74) is 5.74. The van der Waals surface area contributed by atoms with Crippen LogP contribution >= 0.6 is 15.9 Å². The van der Waals surface area contributed by atoms with Crippen molar-refractivity contribution in [3.05, 3.63) is 10.8 Å². The molecule has 90 valence electrons. The third-order valence-electron chi connectivity index (χ3n) is 2.61. The highest BCUT2D eigenvalue weighted by Gasteiger charge is 2.16. The van der Waals surface area contributed by atoms with Gasteiger partial charge in [-0.3, -0.25) is 0 Å². The predicted molar refractivity (Wildman–Crippen MR) is 71.5 cm³/mol. The van der Waals surface area contributed by atoms with Gasteiger partial charge < -0.3 is 10.6 Å². The second kappa shape index (κ2) is 5.48. The average Bonchev–Trinajstić information content (AvgIpc) is 2.20. The predicted octanol–water partition coefficient (Wildman–Crippen LogP) is 2.69. The lowest BCUT2D eigenvalue weighted by molar-refractivity contribution is 0.501. The first kappa shape index (κ1) is 13.2. The largest absolute Gasteiger partial charge is 0.383 e. The van der Waals surface area contributed by atoms with E-state index in [1.54, 1.807) is 0 Å². The minimum absolute atomic E-state index is 0.422.